The lowest BCUT2D eigenvalue weighted by Crippen LogP contribution is -2.28. The highest BCUT2D eigenvalue weighted by atomic mass is 79.9. The molecule has 0 aliphatic carbocycles. The Labute approximate surface area is 136 Å². The molecule has 0 spiro atoms. The first kappa shape index (κ1) is 16.3. The van der Waals surface area contributed by atoms with Gasteiger partial charge in [0.15, 0.2) is 0 Å². The number of hydrogen-bond donors (Lipinski definition) is 2. The average molecular weight is 391 g/mol. The second kappa shape index (κ2) is 7.26. The van der Waals surface area contributed by atoms with Crippen molar-refractivity contribution in [1.29, 1.82) is 0 Å². The molecule has 2 rings (SSSR count). The zero-order valence-corrected chi connectivity index (χ0v) is 14.3. The molecule has 0 aliphatic heterocycles. The first-order chi connectivity index (χ1) is 9.94. The molecule has 0 radical (unpaired) electrons. The summed E-state index contributed by atoms with van der Waals surface area (Å²) >= 11 is 4.83. The van der Waals surface area contributed by atoms with Crippen molar-refractivity contribution in [2.75, 3.05) is 18.1 Å². The van der Waals surface area contributed by atoms with E-state index in [1.807, 2.05) is 11.4 Å². The van der Waals surface area contributed by atoms with Crippen LogP contribution in [0, 0.1) is 0 Å². The molecule has 1 aromatic heterocycles. The standard InChI is InChI=1S/C13H15BrN2O3S2/c14-10-7-13(20-9-10)8-16-21(17,18)6-5-19-12-3-1-11(15)2-4-12/h1-4,7,9,16H,5-6,8,15H2. The van der Waals surface area contributed by atoms with Crippen LogP contribution < -0.4 is 15.2 Å². The summed E-state index contributed by atoms with van der Waals surface area (Å²) in [6, 6.07) is 8.71. The molecule has 0 unspecified atom stereocenters. The Morgan fingerprint density at radius 3 is 2.62 bits per heavy atom. The number of halogens is 1. The maximum atomic E-state index is 11.8. The van der Waals surface area contributed by atoms with Gasteiger partial charge in [0.2, 0.25) is 10.0 Å². The molecule has 5 nitrogen and oxygen atoms in total. The lowest BCUT2D eigenvalue weighted by molar-refractivity contribution is 0.340. The third kappa shape index (κ3) is 5.66. The highest BCUT2D eigenvalue weighted by Gasteiger charge is 2.11. The highest BCUT2D eigenvalue weighted by Crippen LogP contribution is 2.19. The number of thiophene rings is 1. The van der Waals surface area contributed by atoms with Gasteiger partial charge in [0, 0.05) is 27.0 Å². The Hall–Kier alpha value is -1.09. The van der Waals surface area contributed by atoms with Gasteiger partial charge in [-0.2, -0.15) is 0 Å². The van der Waals surface area contributed by atoms with Crippen LogP contribution in [0.1, 0.15) is 4.88 Å². The van der Waals surface area contributed by atoms with E-state index in [9.17, 15) is 8.42 Å². The second-order valence-electron chi connectivity index (χ2n) is 4.29. The van der Waals surface area contributed by atoms with Crippen molar-refractivity contribution in [3.05, 3.63) is 45.1 Å². The predicted molar refractivity (Wildman–Crippen MR) is 89.0 cm³/mol. The highest BCUT2D eigenvalue weighted by molar-refractivity contribution is 9.10. The van der Waals surface area contributed by atoms with Gasteiger partial charge in [-0.1, -0.05) is 0 Å². The number of nitrogen functional groups attached to an aromatic ring is 1. The molecule has 2 aromatic rings. The van der Waals surface area contributed by atoms with Gasteiger partial charge in [0.05, 0.1) is 5.75 Å². The van der Waals surface area contributed by atoms with Gasteiger partial charge in [0.25, 0.3) is 0 Å². The van der Waals surface area contributed by atoms with E-state index in [0.29, 0.717) is 18.0 Å². The molecule has 0 saturated carbocycles. The fourth-order valence-electron chi connectivity index (χ4n) is 1.53. The van der Waals surface area contributed by atoms with Gasteiger partial charge in [-0.05, 0) is 46.3 Å². The molecule has 0 amide bonds. The molecule has 1 heterocycles. The van der Waals surface area contributed by atoms with Gasteiger partial charge in [-0.15, -0.1) is 11.3 Å². The largest absolute Gasteiger partial charge is 0.492 e. The molecule has 8 heteroatoms. The summed E-state index contributed by atoms with van der Waals surface area (Å²) in [6.45, 7) is 0.383. The van der Waals surface area contributed by atoms with Crippen molar-refractivity contribution in [3.63, 3.8) is 0 Å². The van der Waals surface area contributed by atoms with Crippen molar-refractivity contribution in [2.45, 2.75) is 6.54 Å². The number of anilines is 1. The molecule has 114 valence electrons. The minimum Gasteiger partial charge on any atom is -0.492 e. The number of ether oxygens (including phenoxy) is 1. The predicted octanol–water partition coefficient (Wildman–Crippen LogP) is 2.59. The summed E-state index contributed by atoms with van der Waals surface area (Å²) in [5.74, 6) is 0.505. The normalized spacial score (nSPS) is 11.5. The van der Waals surface area contributed by atoms with E-state index in [1.165, 1.54) is 11.3 Å². The van der Waals surface area contributed by atoms with Crippen LogP contribution in [-0.2, 0) is 16.6 Å². The topological polar surface area (TPSA) is 81.4 Å². The van der Waals surface area contributed by atoms with E-state index in [-0.39, 0.29) is 12.4 Å². The SMILES string of the molecule is Nc1ccc(OCCS(=O)(=O)NCc2cc(Br)cs2)cc1. The Balaban J connectivity index is 1.77. The van der Waals surface area contributed by atoms with Gasteiger partial charge in [-0.3, -0.25) is 0 Å². The third-order valence-corrected chi connectivity index (χ3v) is 5.57. The minimum absolute atomic E-state index is 0.0907. The smallest absolute Gasteiger partial charge is 0.215 e. The third-order valence-electron chi connectivity index (χ3n) is 2.59. The lowest BCUT2D eigenvalue weighted by atomic mass is 10.3. The van der Waals surface area contributed by atoms with Crippen LogP contribution in [0.5, 0.6) is 5.75 Å². The van der Waals surface area contributed by atoms with E-state index >= 15 is 0 Å². The number of benzene rings is 1. The van der Waals surface area contributed by atoms with E-state index in [4.69, 9.17) is 10.5 Å². The zero-order valence-electron chi connectivity index (χ0n) is 11.1. The Morgan fingerprint density at radius 1 is 1.29 bits per heavy atom. The van der Waals surface area contributed by atoms with Crippen LogP contribution in [0.25, 0.3) is 0 Å². The number of nitrogens with two attached hydrogens (primary N) is 1. The Kier molecular flexibility index (Phi) is 5.63. The van der Waals surface area contributed by atoms with Crippen LogP contribution in [0.2, 0.25) is 0 Å². The molecule has 21 heavy (non-hydrogen) atoms. The maximum absolute atomic E-state index is 11.8. The molecule has 0 aliphatic rings. The molecule has 0 bridgehead atoms. The quantitative estimate of drug-likeness (QED) is 0.711. The molecule has 1 aromatic carbocycles. The van der Waals surface area contributed by atoms with Crippen LogP contribution >= 0.6 is 27.3 Å². The maximum Gasteiger partial charge on any atom is 0.215 e. The van der Waals surface area contributed by atoms with Crippen LogP contribution in [-0.4, -0.2) is 20.8 Å². The Morgan fingerprint density at radius 2 is 2.00 bits per heavy atom. The molecule has 3 N–H and O–H groups in total. The first-order valence-corrected chi connectivity index (χ1v) is 9.46. The van der Waals surface area contributed by atoms with Crippen LogP contribution in [0.3, 0.4) is 0 Å². The number of rotatable bonds is 7. The van der Waals surface area contributed by atoms with Crippen molar-refractivity contribution < 1.29 is 13.2 Å². The number of hydrogen-bond acceptors (Lipinski definition) is 5. The molecule has 0 atom stereocenters. The van der Waals surface area contributed by atoms with Crippen LogP contribution in [0.15, 0.2) is 40.2 Å². The minimum atomic E-state index is -3.36. The fraction of sp³-hybridized carbons (Fsp3) is 0.231. The Bertz CT molecular complexity index is 684. The van der Waals surface area contributed by atoms with Crippen molar-refractivity contribution in [2.24, 2.45) is 0 Å². The molecule has 0 fully saturated rings. The van der Waals surface area contributed by atoms with Gasteiger partial charge < -0.3 is 10.5 Å². The molecular weight excluding hydrogens is 376 g/mol. The summed E-state index contributed by atoms with van der Waals surface area (Å²) in [5, 5.41) is 1.91. The molecular formula is C13H15BrN2O3S2. The molecule has 0 saturated heterocycles. The van der Waals surface area contributed by atoms with E-state index in [1.54, 1.807) is 24.3 Å². The lowest BCUT2D eigenvalue weighted by Gasteiger charge is -2.08. The summed E-state index contributed by atoms with van der Waals surface area (Å²) in [7, 11) is -3.36. The summed E-state index contributed by atoms with van der Waals surface area (Å²) in [4.78, 5) is 0.949. The second-order valence-corrected chi connectivity index (χ2v) is 8.13. The van der Waals surface area contributed by atoms with Crippen molar-refractivity contribution >= 4 is 43.0 Å². The summed E-state index contributed by atoms with van der Waals surface area (Å²) < 4.78 is 32.5. The van der Waals surface area contributed by atoms with Crippen molar-refractivity contribution in [3.8, 4) is 5.75 Å². The number of nitrogens with one attached hydrogen (secondary N) is 1. The van der Waals surface area contributed by atoms with Crippen LogP contribution in [0.4, 0.5) is 5.69 Å². The number of sulfonamides is 1. The van der Waals surface area contributed by atoms with Gasteiger partial charge >= 0.3 is 0 Å². The summed E-state index contributed by atoms with van der Waals surface area (Å²) in [6.07, 6.45) is 0. The van der Waals surface area contributed by atoms with E-state index < -0.39 is 10.0 Å². The monoisotopic (exact) mass is 390 g/mol. The van der Waals surface area contributed by atoms with Crippen molar-refractivity contribution in [1.82, 2.24) is 4.72 Å². The first-order valence-electron chi connectivity index (χ1n) is 6.13. The van der Waals surface area contributed by atoms with E-state index in [2.05, 4.69) is 20.7 Å². The van der Waals surface area contributed by atoms with Gasteiger partial charge in [-0.25, -0.2) is 13.1 Å². The van der Waals surface area contributed by atoms with E-state index in [0.717, 1.165) is 9.35 Å². The van der Waals surface area contributed by atoms with Gasteiger partial charge in [0.1, 0.15) is 12.4 Å². The summed E-state index contributed by atoms with van der Waals surface area (Å²) in [5.41, 5.74) is 6.20. The average Bonchev–Trinajstić information content (AvgIpc) is 2.85. The fourth-order valence-corrected chi connectivity index (χ4v) is 3.84. The zero-order chi connectivity index (χ0) is 15.3.